The number of carbonyl (C=O) groups is 2. The Morgan fingerprint density at radius 3 is 2.10 bits per heavy atom. The predicted molar refractivity (Wildman–Crippen MR) is 76.1 cm³/mol. The minimum atomic E-state index is -1.03. The predicted octanol–water partition coefficient (Wildman–Crippen LogP) is 1.81. The SMILES string of the molecule is NC(=O)c1ccc(Nc2ccc(C(=O)O)cc2N)cc1. The first-order valence-electron chi connectivity index (χ1n) is 5.77. The van der Waals surface area contributed by atoms with Crippen molar-refractivity contribution < 1.29 is 14.7 Å². The van der Waals surface area contributed by atoms with Gasteiger partial charge in [0.25, 0.3) is 0 Å². The average molecular weight is 271 g/mol. The first kappa shape index (κ1) is 13.4. The molecule has 102 valence electrons. The number of rotatable bonds is 4. The third kappa shape index (κ3) is 2.86. The molecule has 20 heavy (non-hydrogen) atoms. The molecule has 0 aliphatic heterocycles. The van der Waals surface area contributed by atoms with Crippen LogP contribution in [0.2, 0.25) is 0 Å². The Bertz CT molecular complexity index is 666. The molecular formula is C14H13N3O3. The molecule has 1 amide bonds. The van der Waals surface area contributed by atoms with Crippen LogP contribution in [0.3, 0.4) is 0 Å². The number of carbonyl (C=O) groups excluding carboxylic acids is 1. The number of aromatic carboxylic acids is 1. The highest BCUT2D eigenvalue weighted by Gasteiger charge is 2.07. The van der Waals surface area contributed by atoms with E-state index in [1.165, 1.54) is 12.1 Å². The summed E-state index contributed by atoms with van der Waals surface area (Å²) in [6.45, 7) is 0. The fourth-order valence-corrected chi connectivity index (χ4v) is 1.68. The molecule has 6 nitrogen and oxygen atoms in total. The number of carboxylic acids is 1. The third-order valence-corrected chi connectivity index (χ3v) is 2.75. The molecule has 0 aromatic heterocycles. The molecule has 6 heteroatoms. The lowest BCUT2D eigenvalue weighted by Crippen LogP contribution is -2.10. The van der Waals surface area contributed by atoms with Crippen LogP contribution in [0.5, 0.6) is 0 Å². The fraction of sp³-hybridized carbons (Fsp3) is 0. The van der Waals surface area contributed by atoms with E-state index in [0.29, 0.717) is 22.6 Å². The minimum Gasteiger partial charge on any atom is -0.478 e. The zero-order chi connectivity index (χ0) is 14.7. The van der Waals surface area contributed by atoms with Crippen LogP contribution in [-0.4, -0.2) is 17.0 Å². The summed E-state index contributed by atoms with van der Waals surface area (Å²) in [5.74, 6) is -1.53. The molecule has 0 spiro atoms. The Hall–Kier alpha value is -3.02. The van der Waals surface area contributed by atoms with Crippen LogP contribution in [0.15, 0.2) is 42.5 Å². The largest absolute Gasteiger partial charge is 0.478 e. The third-order valence-electron chi connectivity index (χ3n) is 2.75. The highest BCUT2D eigenvalue weighted by Crippen LogP contribution is 2.24. The fourth-order valence-electron chi connectivity index (χ4n) is 1.68. The maximum Gasteiger partial charge on any atom is 0.335 e. The number of primary amides is 1. The van der Waals surface area contributed by atoms with E-state index in [2.05, 4.69) is 5.32 Å². The van der Waals surface area contributed by atoms with Gasteiger partial charge in [-0.05, 0) is 42.5 Å². The minimum absolute atomic E-state index is 0.122. The zero-order valence-electron chi connectivity index (χ0n) is 10.5. The van der Waals surface area contributed by atoms with Crippen molar-refractivity contribution in [2.45, 2.75) is 0 Å². The molecule has 0 radical (unpaired) electrons. The van der Waals surface area contributed by atoms with Crippen molar-refractivity contribution in [1.29, 1.82) is 0 Å². The Morgan fingerprint density at radius 1 is 1.00 bits per heavy atom. The molecule has 0 atom stereocenters. The smallest absolute Gasteiger partial charge is 0.335 e. The van der Waals surface area contributed by atoms with Crippen molar-refractivity contribution >= 4 is 28.9 Å². The van der Waals surface area contributed by atoms with Gasteiger partial charge in [-0.15, -0.1) is 0 Å². The van der Waals surface area contributed by atoms with Crippen molar-refractivity contribution in [3.63, 3.8) is 0 Å². The van der Waals surface area contributed by atoms with E-state index in [1.54, 1.807) is 30.3 Å². The van der Waals surface area contributed by atoms with E-state index >= 15 is 0 Å². The summed E-state index contributed by atoms with van der Waals surface area (Å²) in [6, 6.07) is 11.0. The molecule has 2 aromatic rings. The van der Waals surface area contributed by atoms with Crippen LogP contribution < -0.4 is 16.8 Å². The quantitative estimate of drug-likeness (QED) is 0.632. The van der Waals surface area contributed by atoms with Crippen molar-refractivity contribution in [3.8, 4) is 0 Å². The second kappa shape index (κ2) is 5.31. The number of nitrogens with one attached hydrogen (secondary N) is 1. The standard InChI is InChI=1S/C14H13N3O3/c15-11-7-9(14(19)20)3-6-12(11)17-10-4-1-8(2-5-10)13(16)18/h1-7,17H,15H2,(H2,16,18)(H,19,20). The van der Waals surface area contributed by atoms with Gasteiger partial charge >= 0.3 is 5.97 Å². The van der Waals surface area contributed by atoms with Crippen molar-refractivity contribution in [2.75, 3.05) is 11.1 Å². The molecule has 0 bridgehead atoms. The van der Waals surface area contributed by atoms with Gasteiger partial charge in [0.1, 0.15) is 0 Å². The molecule has 6 N–H and O–H groups in total. The van der Waals surface area contributed by atoms with Gasteiger partial charge in [0.2, 0.25) is 5.91 Å². The van der Waals surface area contributed by atoms with E-state index in [1.807, 2.05) is 0 Å². The van der Waals surface area contributed by atoms with Gasteiger partial charge in [-0.3, -0.25) is 4.79 Å². The van der Waals surface area contributed by atoms with Gasteiger partial charge in [-0.2, -0.15) is 0 Å². The average Bonchev–Trinajstić information content (AvgIpc) is 2.41. The van der Waals surface area contributed by atoms with Crippen molar-refractivity contribution in [3.05, 3.63) is 53.6 Å². The van der Waals surface area contributed by atoms with Crippen LogP contribution in [0, 0.1) is 0 Å². The number of nitrogen functional groups attached to an aromatic ring is 1. The second-order valence-corrected chi connectivity index (χ2v) is 4.17. The molecule has 0 unspecified atom stereocenters. The molecule has 0 aliphatic rings. The number of benzene rings is 2. The molecule has 0 saturated carbocycles. The molecule has 0 saturated heterocycles. The number of hydrogen-bond donors (Lipinski definition) is 4. The molecule has 0 heterocycles. The highest BCUT2D eigenvalue weighted by atomic mass is 16.4. The van der Waals surface area contributed by atoms with Crippen LogP contribution in [0.1, 0.15) is 20.7 Å². The summed E-state index contributed by atoms with van der Waals surface area (Å²) in [4.78, 5) is 21.8. The van der Waals surface area contributed by atoms with Gasteiger partial charge in [0, 0.05) is 11.3 Å². The Morgan fingerprint density at radius 2 is 1.60 bits per heavy atom. The second-order valence-electron chi connectivity index (χ2n) is 4.17. The molecule has 0 fully saturated rings. The van der Waals surface area contributed by atoms with Crippen molar-refractivity contribution in [1.82, 2.24) is 0 Å². The monoisotopic (exact) mass is 271 g/mol. The van der Waals surface area contributed by atoms with Crippen LogP contribution >= 0.6 is 0 Å². The highest BCUT2D eigenvalue weighted by molar-refractivity contribution is 5.93. The van der Waals surface area contributed by atoms with Gasteiger partial charge in [0.05, 0.1) is 16.9 Å². The lowest BCUT2D eigenvalue weighted by Gasteiger charge is -2.10. The van der Waals surface area contributed by atoms with E-state index in [0.717, 1.165) is 0 Å². The zero-order valence-corrected chi connectivity index (χ0v) is 10.5. The summed E-state index contributed by atoms with van der Waals surface area (Å²) in [5.41, 5.74) is 13.1. The van der Waals surface area contributed by atoms with Crippen LogP contribution in [0.4, 0.5) is 17.1 Å². The van der Waals surface area contributed by atoms with Crippen LogP contribution in [-0.2, 0) is 0 Å². The number of nitrogens with two attached hydrogens (primary N) is 2. The summed E-state index contributed by atoms with van der Waals surface area (Å²) < 4.78 is 0. The number of hydrogen-bond acceptors (Lipinski definition) is 4. The van der Waals surface area contributed by atoms with E-state index in [-0.39, 0.29) is 5.56 Å². The molecule has 2 aromatic carbocycles. The first-order chi connectivity index (χ1) is 9.47. The summed E-state index contributed by atoms with van der Waals surface area (Å²) in [5, 5.41) is 11.9. The maximum atomic E-state index is 11.0. The lowest BCUT2D eigenvalue weighted by atomic mass is 10.1. The molecular weight excluding hydrogens is 258 g/mol. The number of carboxylic acid groups (broad SMARTS) is 1. The Labute approximate surface area is 115 Å². The summed E-state index contributed by atoms with van der Waals surface area (Å²) in [6.07, 6.45) is 0. The normalized spacial score (nSPS) is 10.0. The van der Waals surface area contributed by atoms with Crippen LogP contribution in [0.25, 0.3) is 0 Å². The van der Waals surface area contributed by atoms with Gasteiger partial charge in [0.15, 0.2) is 0 Å². The van der Waals surface area contributed by atoms with Gasteiger partial charge in [-0.1, -0.05) is 0 Å². The summed E-state index contributed by atoms with van der Waals surface area (Å²) in [7, 11) is 0. The topological polar surface area (TPSA) is 118 Å². The first-order valence-corrected chi connectivity index (χ1v) is 5.77. The van der Waals surface area contributed by atoms with E-state index < -0.39 is 11.9 Å². The molecule has 0 aliphatic carbocycles. The number of anilines is 3. The number of amides is 1. The molecule has 2 rings (SSSR count). The lowest BCUT2D eigenvalue weighted by molar-refractivity contribution is 0.0696. The Balaban J connectivity index is 2.21. The Kier molecular flexibility index (Phi) is 3.56. The van der Waals surface area contributed by atoms with E-state index in [9.17, 15) is 9.59 Å². The maximum absolute atomic E-state index is 11.0. The van der Waals surface area contributed by atoms with Gasteiger partial charge < -0.3 is 21.9 Å². The van der Waals surface area contributed by atoms with Crippen molar-refractivity contribution in [2.24, 2.45) is 5.73 Å². The van der Waals surface area contributed by atoms with E-state index in [4.69, 9.17) is 16.6 Å². The summed E-state index contributed by atoms with van der Waals surface area (Å²) >= 11 is 0. The van der Waals surface area contributed by atoms with Gasteiger partial charge in [-0.25, -0.2) is 4.79 Å².